The minimum absolute atomic E-state index is 0.0332. The molecule has 0 aromatic carbocycles. The number of pyridine rings is 2. The highest BCUT2D eigenvalue weighted by molar-refractivity contribution is 5.42. The third-order valence-corrected chi connectivity index (χ3v) is 2.90. The smallest absolute Gasteiger partial charge is 0.253 e. The van der Waals surface area contributed by atoms with Crippen LogP contribution < -0.4 is 15.0 Å². The Bertz CT molecular complexity index is 635. The maximum Gasteiger partial charge on any atom is 0.253 e. The second kappa shape index (κ2) is 5.56. The van der Waals surface area contributed by atoms with Crippen LogP contribution in [0.2, 0.25) is 0 Å². The Hall–Kier alpha value is -2.30. The molecule has 0 saturated heterocycles. The summed E-state index contributed by atoms with van der Waals surface area (Å²) in [6, 6.07) is 5.35. The molecule has 0 N–H and O–H groups in total. The zero-order chi connectivity index (χ0) is 13.8. The van der Waals surface area contributed by atoms with Crippen molar-refractivity contribution in [3.05, 3.63) is 52.2 Å². The average Bonchev–Trinajstić information content (AvgIpc) is 2.43. The van der Waals surface area contributed by atoms with Crippen molar-refractivity contribution in [2.24, 2.45) is 0 Å². The van der Waals surface area contributed by atoms with E-state index in [1.54, 1.807) is 50.2 Å². The molecule has 2 aromatic heterocycles. The first-order valence-corrected chi connectivity index (χ1v) is 5.89. The molecule has 0 atom stereocenters. The van der Waals surface area contributed by atoms with Gasteiger partial charge in [0.25, 0.3) is 5.56 Å². The molecule has 0 aliphatic rings. The number of methoxy groups -OCH3 is 2. The highest BCUT2D eigenvalue weighted by Gasteiger charge is 2.12. The molecule has 0 fully saturated rings. The molecule has 0 aliphatic carbocycles. The minimum Gasteiger partial charge on any atom is -0.493 e. The van der Waals surface area contributed by atoms with Gasteiger partial charge in [-0.25, -0.2) is 0 Å². The van der Waals surface area contributed by atoms with Crippen LogP contribution in [-0.4, -0.2) is 23.8 Å². The number of aromatic nitrogens is 2. The van der Waals surface area contributed by atoms with E-state index in [1.165, 1.54) is 0 Å². The lowest BCUT2D eigenvalue weighted by Gasteiger charge is -2.12. The van der Waals surface area contributed by atoms with E-state index < -0.39 is 0 Å². The van der Waals surface area contributed by atoms with Crippen LogP contribution in [0.25, 0.3) is 0 Å². The van der Waals surface area contributed by atoms with Gasteiger partial charge in [0.1, 0.15) is 5.69 Å². The normalized spacial score (nSPS) is 10.3. The topological polar surface area (TPSA) is 53.4 Å². The predicted octanol–water partition coefficient (Wildman–Crippen LogP) is 1.62. The number of nitrogens with zero attached hydrogens (tertiary/aromatic N) is 2. The van der Waals surface area contributed by atoms with Crippen LogP contribution in [0.15, 0.2) is 35.4 Å². The standard InChI is InChI=1S/C14H16N2O3/c1-10-5-4-8-16(14(10)17)9-11-13(19-3)12(18-2)6-7-15-11/h4-8H,9H2,1-3H3. The fourth-order valence-electron chi connectivity index (χ4n) is 1.91. The molecule has 2 rings (SSSR count). The molecular formula is C14H16N2O3. The summed E-state index contributed by atoms with van der Waals surface area (Å²) in [5.41, 5.74) is 1.33. The number of rotatable bonds is 4. The average molecular weight is 260 g/mol. The third-order valence-electron chi connectivity index (χ3n) is 2.90. The highest BCUT2D eigenvalue weighted by atomic mass is 16.5. The summed E-state index contributed by atoms with van der Waals surface area (Å²) in [6.45, 7) is 2.13. The van der Waals surface area contributed by atoms with Crippen LogP contribution in [0.4, 0.5) is 0 Å². The lowest BCUT2D eigenvalue weighted by Crippen LogP contribution is -2.22. The van der Waals surface area contributed by atoms with E-state index in [4.69, 9.17) is 9.47 Å². The molecule has 0 unspecified atom stereocenters. The molecule has 100 valence electrons. The summed E-state index contributed by atoms with van der Waals surface area (Å²) in [7, 11) is 3.13. The van der Waals surface area contributed by atoms with Crippen molar-refractivity contribution in [1.82, 2.24) is 9.55 Å². The van der Waals surface area contributed by atoms with Gasteiger partial charge in [-0.3, -0.25) is 9.78 Å². The SMILES string of the molecule is COc1ccnc(Cn2cccc(C)c2=O)c1OC. The van der Waals surface area contributed by atoms with Gasteiger partial charge in [-0.1, -0.05) is 6.07 Å². The van der Waals surface area contributed by atoms with Gasteiger partial charge in [-0.05, 0) is 13.0 Å². The van der Waals surface area contributed by atoms with Crippen LogP contribution in [0.1, 0.15) is 11.3 Å². The summed E-state index contributed by atoms with van der Waals surface area (Å²) in [6.07, 6.45) is 3.37. The van der Waals surface area contributed by atoms with Crippen LogP contribution in [0.3, 0.4) is 0 Å². The number of hydrogen-bond acceptors (Lipinski definition) is 4. The Labute approximate surface area is 111 Å². The monoisotopic (exact) mass is 260 g/mol. The Morgan fingerprint density at radius 3 is 2.74 bits per heavy atom. The van der Waals surface area contributed by atoms with Gasteiger partial charge in [-0.2, -0.15) is 0 Å². The summed E-state index contributed by atoms with van der Waals surface area (Å²) in [5, 5.41) is 0. The summed E-state index contributed by atoms with van der Waals surface area (Å²) < 4.78 is 12.1. The Morgan fingerprint density at radius 2 is 2.05 bits per heavy atom. The summed E-state index contributed by atoms with van der Waals surface area (Å²) in [5.74, 6) is 1.16. The Morgan fingerprint density at radius 1 is 1.26 bits per heavy atom. The number of ether oxygens (including phenoxy) is 2. The molecule has 19 heavy (non-hydrogen) atoms. The molecule has 2 aromatic rings. The van der Waals surface area contributed by atoms with Crippen LogP contribution >= 0.6 is 0 Å². The molecule has 0 amide bonds. The Kier molecular flexibility index (Phi) is 3.85. The van der Waals surface area contributed by atoms with Crippen molar-refractivity contribution < 1.29 is 9.47 Å². The molecule has 5 heteroatoms. The summed E-state index contributed by atoms with van der Waals surface area (Å²) in [4.78, 5) is 16.2. The molecule has 2 heterocycles. The maximum absolute atomic E-state index is 12.0. The molecular weight excluding hydrogens is 244 g/mol. The molecule has 5 nitrogen and oxygen atoms in total. The van der Waals surface area contributed by atoms with Gasteiger partial charge in [0.15, 0.2) is 11.5 Å². The van der Waals surface area contributed by atoms with Gasteiger partial charge >= 0.3 is 0 Å². The first-order valence-electron chi connectivity index (χ1n) is 5.89. The first kappa shape index (κ1) is 13.1. The quantitative estimate of drug-likeness (QED) is 0.838. The van der Waals surface area contributed by atoms with Gasteiger partial charge in [0.2, 0.25) is 0 Å². The largest absolute Gasteiger partial charge is 0.493 e. The van der Waals surface area contributed by atoms with Crippen LogP contribution in [0, 0.1) is 6.92 Å². The Balaban J connectivity index is 2.44. The fourth-order valence-corrected chi connectivity index (χ4v) is 1.91. The van der Waals surface area contributed by atoms with E-state index in [0.29, 0.717) is 29.3 Å². The molecule has 0 aliphatic heterocycles. The zero-order valence-electron chi connectivity index (χ0n) is 11.2. The van der Waals surface area contributed by atoms with Crippen molar-refractivity contribution in [3.63, 3.8) is 0 Å². The van der Waals surface area contributed by atoms with E-state index in [1.807, 2.05) is 6.07 Å². The van der Waals surface area contributed by atoms with Gasteiger partial charge in [0.05, 0.1) is 20.8 Å². The van der Waals surface area contributed by atoms with E-state index in [2.05, 4.69) is 4.98 Å². The molecule has 0 spiro atoms. The fraction of sp³-hybridized carbons (Fsp3) is 0.286. The molecule has 0 saturated carbocycles. The van der Waals surface area contributed by atoms with Gasteiger partial charge in [0, 0.05) is 24.0 Å². The van der Waals surface area contributed by atoms with Crippen molar-refractivity contribution in [3.8, 4) is 11.5 Å². The van der Waals surface area contributed by atoms with E-state index in [0.717, 1.165) is 0 Å². The van der Waals surface area contributed by atoms with E-state index in [-0.39, 0.29) is 5.56 Å². The predicted molar refractivity (Wildman–Crippen MR) is 71.9 cm³/mol. The van der Waals surface area contributed by atoms with E-state index >= 15 is 0 Å². The highest BCUT2D eigenvalue weighted by Crippen LogP contribution is 2.29. The number of aryl methyl sites for hydroxylation is 1. The van der Waals surface area contributed by atoms with Gasteiger partial charge < -0.3 is 14.0 Å². The lowest BCUT2D eigenvalue weighted by molar-refractivity contribution is 0.348. The van der Waals surface area contributed by atoms with Crippen LogP contribution in [0.5, 0.6) is 11.5 Å². The van der Waals surface area contributed by atoms with Crippen molar-refractivity contribution in [2.45, 2.75) is 13.5 Å². The van der Waals surface area contributed by atoms with Crippen molar-refractivity contribution >= 4 is 0 Å². The molecule has 0 radical (unpaired) electrons. The second-order valence-electron chi connectivity index (χ2n) is 4.12. The van der Waals surface area contributed by atoms with E-state index in [9.17, 15) is 4.79 Å². The van der Waals surface area contributed by atoms with Crippen molar-refractivity contribution in [1.29, 1.82) is 0 Å². The third kappa shape index (κ3) is 2.59. The summed E-state index contributed by atoms with van der Waals surface area (Å²) >= 11 is 0. The number of hydrogen-bond donors (Lipinski definition) is 0. The second-order valence-corrected chi connectivity index (χ2v) is 4.12. The minimum atomic E-state index is -0.0332. The van der Waals surface area contributed by atoms with Crippen LogP contribution in [-0.2, 0) is 6.54 Å². The maximum atomic E-state index is 12.0. The lowest BCUT2D eigenvalue weighted by atomic mass is 10.2. The zero-order valence-corrected chi connectivity index (χ0v) is 11.2. The molecule has 0 bridgehead atoms. The first-order chi connectivity index (χ1) is 9.17. The van der Waals surface area contributed by atoms with Crippen molar-refractivity contribution in [2.75, 3.05) is 14.2 Å². The van der Waals surface area contributed by atoms with Gasteiger partial charge in [-0.15, -0.1) is 0 Å².